The van der Waals surface area contributed by atoms with Crippen LogP contribution in [0.2, 0.25) is 0 Å². The Morgan fingerprint density at radius 3 is 2.59 bits per heavy atom. The first kappa shape index (κ1) is 13.2. The van der Waals surface area contributed by atoms with Crippen molar-refractivity contribution in [1.29, 1.82) is 0 Å². The molecule has 1 atom stereocenters. The maximum absolute atomic E-state index is 11.7. The number of nitrogens with one attached hydrogen (secondary N) is 1. The molecule has 94 valence electrons. The number of carbonyl (C=O) groups is 2. The largest absolute Gasteiger partial charge is 0.479 e. The molecule has 0 aliphatic carbocycles. The normalized spacial score (nSPS) is 12.2. The quantitative estimate of drug-likeness (QED) is 0.670. The summed E-state index contributed by atoms with van der Waals surface area (Å²) < 4.78 is 1.74. The Bertz CT molecular complexity index is 425. The number of aliphatic carboxylic acids is 1. The minimum Gasteiger partial charge on any atom is -0.479 e. The van der Waals surface area contributed by atoms with Crippen LogP contribution in [0.5, 0.6) is 0 Å². The van der Waals surface area contributed by atoms with Crippen LogP contribution in [0.25, 0.3) is 0 Å². The summed E-state index contributed by atoms with van der Waals surface area (Å²) >= 11 is 0. The van der Waals surface area contributed by atoms with Crippen molar-refractivity contribution in [2.24, 2.45) is 7.05 Å². The number of carboxylic acids is 1. The molecular formula is C11H16N2O4. The number of aryl methyl sites for hydroxylation is 1. The van der Waals surface area contributed by atoms with Crippen LogP contribution in [-0.2, 0) is 11.8 Å². The molecular weight excluding hydrogens is 224 g/mol. The average molecular weight is 240 g/mol. The van der Waals surface area contributed by atoms with Gasteiger partial charge in [-0.1, -0.05) is 0 Å². The highest BCUT2D eigenvalue weighted by Crippen LogP contribution is 2.05. The highest BCUT2D eigenvalue weighted by molar-refractivity contribution is 5.92. The van der Waals surface area contributed by atoms with E-state index in [1.807, 2.05) is 13.0 Å². The van der Waals surface area contributed by atoms with Crippen LogP contribution >= 0.6 is 0 Å². The number of amides is 1. The molecule has 1 rings (SSSR count). The van der Waals surface area contributed by atoms with Crippen molar-refractivity contribution in [3.8, 4) is 0 Å². The molecule has 0 aromatic carbocycles. The zero-order valence-corrected chi connectivity index (χ0v) is 9.80. The molecule has 0 fully saturated rings. The summed E-state index contributed by atoms with van der Waals surface area (Å²) in [5, 5.41) is 20.0. The van der Waals surface area contributed by atoms with E-state index in [4.69, 9.17) is 10.2 Å². The molecule has 17 heavy (non-hydrogen) atoms. The van der Waals surface area contributed by atoms with Crippen LogP contribution < -0.4 is 5.32 Å². The van der Waals surface area contributed by atoms with Crippen molar-refractivity contribution in [2.45, 2.75) is 19.4 Å². The number of hydrogen-bond donors (Lipinski definition) is 3. The second-order valence-corrected chi connectivity index (χ2v) is 3.82. The van der Waals surface area contributed by atoms with E-state index < -0.39 is 12.1 Å². The lowest BCUT2D eigenvalue weighted by Crippen LogP contribution is -2.31. The Morgan fingerprint density at radius 1 is 1.47 bits per heavy atom. The Hall–Kier alpha value is -1.82. The second-order valence-electron chi connectivity index (χ2n) is 3.82. The number of rotatable bonds is 5. The molecule has 0 bridgehead atoms. The fourth-order valence-electron chi connectivity index (χ4n) is 1.38. The minimum absolute atomic E-state index is 0.00945. The van der Waals surface area contributed by atoms with Gasteiger partial charge in [0.05, 0.1) is 0 Å². The third-order valence-corrected chi connectivity index (χ3v) is 2.59. The first-order valence-electron chi connectivity index (χ1n) is 5.25. The van der Waals surface area contributed by atoms with Crippen LogP contribution in [-0.4, -0.2) is 39.3 Å². The zero-order valence-electron chi connectivity index (χ0n) is 9.80. The fraction of sp³-hybridized carbons (Fsp3) is 0.455. The van der Waals surface area contributed by atoms with Crippen molar-refractivity contribution in [2.75, 3.05) is 6.54 Å². The molecule has 0 aliphatic heterocycles. The van der Waals surface area contributed by atoms with Gasteiger partial charge in [-0.3, -0.25) is 4.79 Å². The van der Waals surface area contributed by atoms with Crippen LogP contribution in [0, 0.1) is 6.92 Å². The Kier molecular flexibility index (Phi) is 4.28. The number of aromatic nitrogens is 1. The topological polar surface area (TPSA) is 91.6 Å². The first-order valence-corrected chi connectivity index (χ1v) is 5.25. The molecule has 6 nitrogen and oxygen atoms in total. The maximum Gasteiger partial charge on any atom is 0.332 e. The lowest BCUT2D eigenvalue weighted by atomic mass is 10.2. The second kappa shape index (κ2) is 5.49. The third kappa shape index (κ3) is 3.32. The van der Waals surface area contributed by atoms with E-state index in [0.717, 1.165) is 5.69 Å². The van der Waals surface area contributed by atoms with Crippen LogP contribution in [0.1, 0.15) is 22.6 Å². The summed E-state index contributed by atoms with van der Waals surface area (Å²) in [6.07, 6.45) is -1.45. The molecule has 6 heteroatoms. The molecule has 0 saturated carbocycles. The van der Waals surface area contributed by atoms with Gasteiger partial charge in [-0.2, -0.15) is 0 Å². The summed E-state index contributed by atoms with van der Waals surface area (Å²) in [5.74, 6) is -1.56. The van der Waals surface area contributed by atoms with Gasteiger partial charge in [0.15, 0.2) is 6.10 Å². The Morgan fingerprint density at radius 2 is 2.12 bits per heavy atom. The number of carbonyl (C=O) groups excluding carboxylic acids is 1. The van der Waals surface area contributed by atoms with Gasteiger partial charge in [0, 0.05) is 25.7 Å². The average Bonchev–Trinajstić information content (AvgIpc) is 2.59. The predicted molar refractivity (Wildman–Crippen MR) is 60.7 cm³/mol. The Labute approximate surface area is 98.9 Å². The number of hydrogen-bond acceptors (Lipinski definition) is 3. The van der Waals surface area contributed by atoms with Crippen LogP contribution in [0.4, 0.5) is 0 Å². The SMILES string of the molecule is Cc1ccc(C(=O)NCCC(O)C(=O)O)n1C. The minimum atomic E-state index is -1.44. The van der Waals surface area contributed by atoms with E-state index in [1.165, 1.54) is 0 Å². The lowest BCUT2D eigenvalue weighted by molar-refractivity contribution is -0.146. The lowest BCUT2D eigenvalue weighted by Gasteiger charge is -2.08. The predicted octanol–water partition coefficient (Wildman–Crippen LogP) is -0.101. The molecule has 1 unspecified atom stereocenters. The summed E-state index contributed by atoms with van der Waals surface area (Å²) in [6.45, 7) is 2.00. The van der Waals surface area contributed by atoms with E-state index in [-0.39, 0.29) is 18.9 Å². The fourth-order valence-corrected chi connectivity index (χ4v) is 1.38. The van der Waals surface area contributed by atoms with Crippen molar-refractivity contribution < 1.29 is 19.8 Å². The van der Waals surface area contributed by atoms with Crippen LogP contribution in [0.3, 0.4) is 0 Å². The monoisotopic (exact) mass is 240 g/mol. The molecule has 1 aromatic heterocycles. The van der Waals surface area contributed by atoms with Gasteiger partial charge in [-0.05, 0) is 19.1 Å². The van der Waals surface area contributed by atoms with E-state index >= 15 is 0 Å². The highest BCUT2D eigenvalue weighted by atomic mass is 16.4. The summed E-state index contributed by atoms with van der Waals surface area (Å²) in [5.41, 5.74) is 1.47. The standard InChI is InChI=1S/C11H16N2O4/c1-7-3-4-8(13(7)2)10(15)12-6-5-9(14)11(16)17/h3-4,9,14H,5-6H2,1-2H3,(H,12,15)(H,16,17). The summed E-state index contributed by atoms with van der Waals surface area (Å²) in [4.78, 5) is 22.0. The van der Waals surface area contributed by atoms with Crippen molar-refractivity contribution in [3.63, 3.8) is 0 Å². The molecule has 1 heterocycles. The van der Waals surface area contributed by atoms with Gasteiger partial charge >= 0.3 is 5.97 Å². The number of aliphatic hydroxyl groups is 1. The van der Waals surface area contributed by atoms with Gasteiger partial charge in [0.2, 0.25) is 0 Å². The number of nitrogens with zero attached hydrogens (tertiary/aromatic N) is 1. The molecule has 0 spiro atoms. The van der Waals surface area contributed by atoms with E-state index in [1.54, 1.807) is 17.7 Å². The first-order chi connectivity index (χ1) is 7.93. The molecule has 1 aromatic rings. The van der Waals surface area contributed by atoms with Gasteiger partial charge in [-0.15, -0.1) is 0 Å². The molecule has 0 aliphatic rings. The maximum atomic E-state index is 11.7. The highest BCUT2D eigenvalue weighted by Gasteiger charge is 2.14. The smallest absolute Gasteiger partial charge is 0.332 e. The zero-order chi connectivity index (χ0) is 13.0. The van der Waals surface area contributed by atoms with Crippen molar-refractivity contribution in [1.82, 2.24) is 9.88 Å². The summed E-state index contributed by atoms with van der Waals surface area (Å²) in [6, 6.07) is 3.51. The third-order valence-electron chi connectivity index (χ3n) is 2.59. The van der Waals surface area contributed by atoms with Crippen molar-refractivity contribution >= 4 is 11.9 Å². The van der Waals surface area contributed by atoms with Gasteiger partial charge in [0.1, 0.15) is 5.69 Å². The number of carboxylic acid groups (broad SMARTS) is 1. The van der Waals surface area contributed by atoms with Crippen molar-refractivity contribution in [3.05, 3.63) is 23.5 Å². The molecule has 1 amide bonds. The Balaban J connectivity index is 2.46. The molecule has 0 saturated heterocycles. The van der Waals surface area contributed by atoms with E-state index in [2.05, 4.69) is 5.32 Å². The van der Waals surface area contributed by atoms with Crippen LogP contribution in [0.15, 0.2) is 12.1 Å². The molecule has 3 N–H and O–H groups in total. The van der Waals surface area contributed by atoms with Gasteiger partial charge in [-0.25, -0.2) is 4.79 Å². The van der Waals surface area contributed by atoms with Gasteiger partial charge < -0.3 is 20.1 Å². The summed E-state index contributed by atoms with van der Waals surface area (Å²) in [7, 11) is 1.77. The van der Waals surface area contributed by atoms with E-state index in [9.17, 15) is 9.59 Å². The number of aliphatic hydroxyl groups excluding tert-OH is 1. The van der Waals surface area contributed by atoms with E-state index in [0.29, 0.717) is 5.69 Å². The van der Waals surface area contributed by atoms with Gasteiger partial charge in [0.25, 0.3) is 5.91 Å². The molecule has 0 radical (unpaired) electrons.